The standard InChI is InChI=1S/C31H30N4O5S/c1-17-13-18(2)28(19(3)14-17)35-25(36)16-41-30-22(15-32)27(24-11-8-12-40-24)26(20(4)33-30)29(37)34-23-10-7-6-9-21(23)31(38)39-5/h6-14,27,33H,16H2,1-5H3,(H,34,37)(H,35,36)/t27-/m0/s1. The number of rotatable bonds is 8. The van der Waals surface area contributed by atoms with Gasteiger partial charge in [-0.15, -0.1) is 0 Å². The van der Waals surface area contributed by atoms with Gasteiger partial charge < -0.3 is 25.1 Å². The van der Waals surface area contributed by atoms with Gasteiger partial charge in [0.1, 0.15) is 5.76 Å². The van der Waals surface area contributed by atoms with E-state index in [2.05, 4.69) is 22.0 Å². The number of ether oxygens (including phenoxy) is 1. The summed E-state index contributed by atoms with van der Waals surface area (Å²) in [6.07, 6.45) is 1.47. The summed E-state index contributed by atoms with van der Waals surface area (Å²) >= 11 is 1.17. The van der Waals surface area contributed by atoms with Crippen LogP contribution in [-0.4, -0.2) is 30.6 Å². The normalized spacial score (nSPS) is 14.7. The molecule has 10 heteroatoms. The molecular formula is C31H30N4O5S. The Labute approximate surface area is 242 Å². The predicted molar refractivity (Wildman–Crippen MR) is 158 cm³/mol. The van der Waals surface area contributed by atoms with Crippen LogP contribution in [0.15, 0.2) is 81.1 Å². The van der Waals surface area contributed by atoms with Crippen molar-refractivity contribution in [1.29, 1.82) is 5.26 Å². The number of amides is 2. The Bertz CT molecular complexity index is 1590. The molecule has 0 radical (unpaired) electrons. The fourth-order valence-electron chi connectivity index (χ4n) is 4.83. The second kappa shape index (κ2) is 12.6. The van der Waals surface area contributed by atoms with Gasteiger partial charge in [-0.2, -0.15) is 5.26 Å². The van der Waals surface area contributed by atoms with Crippen molar-refractivity contribution in [3.05, 3.63) is 105 Å². The molecular weight excluding hydrogens is 540 g/mol. The van der Waals surface area contributed by atoms with Crippen LogP contribution in [0.5, 0.6) is 0 Å². The van der Waals surface area contributed by atoms with E-state index in [9.17, 15) is 19.6 Å². The maximum absolute atomic E-state index is 13.7. The van der Waals surface area contributed by atoms with Gasteiger partial charge in [0.15, 0.2) is 0 Å². The maximum Gasteiger partial charge on any atom is 0.339 e. The second-order valence-electron chi connectivity index (χ2n) is 9.57. The molecule has 9 nitrogen and oxygen atoms in total. The SMILES string of the molecule is COC(=O)c1ccccc1NC(=O)C1=C(C)NC(SCC(=O)Nc2c(C)cc(C)cc2C)=C(C#N)[C@H]1c1ccco1. The Hall–Kier alpha value is -4.75. The van der Waals surface area contributed by atoms with Crippen LogP contribution < -0.4 is 16.0 Å². The number of dihydropyridines is 1. The number of nitrogens with zero attached hydrogens (tertiary/aromatic N) is 1. The quantitative estimate of drug-likeness (QED) is 0.294. The smallest absolute Gasteiger partial charge is 0.339 e. The highest BCUT2D eigenvalue weighted by atomic mass is 32.2. The molecule has 3 N–H and O–H groups in total. The molecule has 0 saturated carbocycles. The van der Waals surface area contributed by atoms with Crippen LogP contribution >= 0.6 is 11.8 Å². The molecule has 0 fully saturated rings. The molecule has 0 aliphatic carbocycles. The van der Waals surface area contributed by atoms with E-state index >= 15 is 0 Å². The van der Waals surface area contributed by atoms with E-state index in [1.54, 1.807) is 43.3 Å². The number of hydrogen-bond acceptors (Lipinski definition) is 8. The maximum atomic E-state index is 13.7. The molecule has 3 aromatic rings. The number of benzene rings is 2. The fourth-order valence-corrected chi connectivity index (χ4v) is 5.72. The monoisotopic (exact) mass is 570 g/mol. The van der Waals surface area contributed by atoms with Gasteiger partial charge in [-0.3, -0.25) is 9.59 Å². The zero-order chi connectivity index (χ0) is 29.7. The number of thioether (sulfide) groups is 1. The molecule has 41 heavy (non-hydrogen) atoms. The van der Waals surface area contributed by atoms with Crippen LogP contribution in [-0.2, 0) is 14.3 Å². The zero-order valence-corrected chi connectivity index (χ0v) is 24.2. The van der Waals surface area contributed by atoms with E-state index in [1.165, 1.54) is 25.1 Å². The number of allylic oxidation sites excluding steroid dienone is 2. The summed E-state index contributed by atoms with van der Waals surface area (Å²) in [7, 11) is 1.26. The third-order valence-electron chi connectivity index (χ3n) is 6.59. The van der Waals surface area contributed by atoms with Gasteiger partial charge in [-0.1, -0.05) is 41.6 Å². The molecule has 0 bridgehead atoms. The number of nitrogens with one attached hydrogen (secondary N) is 3. The highest BCUT2D eigenvalue weighted by molar-refractivity contribution is 8.03. The molecule has 2 aromatic carbocycles. The molecule has 1 aliphatic rings. The van der Waals surface area contributed by atoms with Gasteiger partial charge in [0.2, 0.25) is 5.91 Å². The minimum Gasteiger partial charge on any atom is -0.468 e. The molecule has 2 heterocycles. The number of aryl methyl sites for hydroxylation is 3. The van der Waals surface area contributed by atoms with E-state index in [-0.39, 0.29) is 34.1 Å². The van der Waals surface area contributed by atoms with Crippen LogP contribution in [0.2, 0.25) is 0 Å². The first-order chi connectivity index (χ1) is 19.6. The number of para-hydroxylation sites is 1. The van der Waals surface area contributed by atoms with Crippen molar-refractivity contribution in [2.24, 2.45) is 0 Å². The number of nitriles is 1. The average Bonchev–Trinajstić information content (AvgIpc) is 3.48. The molecule has 0 spiro atoms. The molecule has 0 unspecified atom stereocenters. The van der Waals surface area contributed by atoms with Crippen molar-refractivity contribution in [2.45, 2.75) is 33.6 Å². The van der Waals surface area contributed by atoms with Crippen molar-refractivity contribution >= 4 is 40.9 Å². The van der Waals surface area contributed by atoms with Crippen molar-refractivity contribution in [1.82, 2.24) is 5.32 Å². The molecule has 4 rings (SSSR count). The van der Waals surface area contributed by atoms with Gasteiger partial charge in [0.05, 0.1) is 58.5 Å². The van der Waals surface area contributed by atoms with Crippen LogP contribution in [0.3, 0.4) is 0 Å². The minimum absolute atomic E-state index is 0.0342. The van der Waals surface area contributed by atoms with Crippen LogP contribution in [0, 0.1) is 32.1 Å². The largest absolute Gasteiger partial charge is 0.468 e. The van der Waals surface area contributed by atoms with Crippen molar-refractivity contribution in [3.8, 4) is 6.07 Å². The Morgan fingerprint density at radius 3 is 2.39 bits per heavy atom. The number of hydrogen-bond donors (Lipinski definition) is 3. The Morgan fingerprint density at radius 1 is 1.05 bits per heavy atom. The predicted octanol–water partition coefficient (Wildman–Crippen LogP) is 5.70. The second-order valence-corrected chi connectivity index (χ2v) is 10.6. The number of methoxy groups -OCH3 is 1. The lowest BCUT2D eigenvalue weighted by molar-refractivity contribution is -0.114. The van der Waals surface area contributed by atoms with Crippen molar-refractivity contribution < 1.29 is 23.5 Å². The van der Waals surface area contributed by atoms with E-state index in [1.807, 2.05) is 32.9 Å². The number of carbonyl (C=O) groups excluding carboxylic acids is 3. The summed E-state index contributed by atoms with van der Waals surface area (Å²) < 4.78 is 10.5. The van der Waals surface area contributed by atoms with Crippen LogP contribution in [0.25, 0.3) is 0 Å². The zero-order valence-electron chi connectivity index (χ0n) is 23.4. The number of anilines is 2. The first-order valence-electron chi connectivity index (χ1n) is 12.8. The van der Waals surface area contributed by atoms with E-state index < -0.39 is 17.8 Å². The van der Waals surface area contributed by atoms with E-state index in [0.29, 0.717) is 16.5 Å². The van der Waals surface area contributed by atoms with Gasteiger partial charge in [0.25, 0.3) is 5.91 Å². The van der Waals surface area contributed by atoms with Gasteiger partial charge >= 0.3 is 5.97 Å². The summed E-state index contributed by atoms with van der Waals surface area (Å²) in [5.41, 5.74) is 5.23. The third kappa shape index (κ3) is 6.36. The minimum atomic E-state index is -0.839. The summed E-state index contributed by atoms with van der Waals surface area (Å²) in [6, 6.07) is 16.1. The van der Waals surface area contributed by atoms with E-state index in [0.717, 1.165) is 22.4 Å². The molecule has 1 aliphatic heterocycles. The topological polar surface area (TPSA) is 133 Å². The lowest BCUT2D eigenvalue weighted by Gasteiger charge is -2.28. The molecule has 1 atom stereocenters. The van der Waals surface area contributed by atoms with Gasteiger partial charge in [-0.25, -0.2) is 4.79 Å². The molecule has 1 aromatic heterocycles. The number of carbonyl (C=O) groups is 3. The Morgan fingerprint density at radius 2 is 1.76 bits per heavy atom. The highest BCUT2D eigenvalue weighted by Crippen LogP contribution is 2.41. The first kappa shape index (κ1) is 29.2. The third-order valence-corrected chi connectivity index (χ3v) is 7.61. The van der Waals surface area contributed by atoms with Crippen LogP contribution in [0.1, 0.15) is 45.7 Å². The summed E-state index contributed by atoms with van der Waals surface area (Å²) in [4.78, 5) is 38.8. The van der Waals surface area contributed by atoms with Crippen molar-refractivity contribution in [3.63, 3.8) is 0 Å². The summed E-state index contributed by atoms with van der Waals surface area (Å²) in [5, 5.41) is 19.6. The van der Waals surface area contributed by atoms with Gasteiger partial charge in [0, 0.05) is 11.4 Å². The Kier molecular flexibility index (Phi) is 9.00. The first-order valence-corrected chi connectivity index (χ1v) is 13.8. The summed E-state index contributed by atoms with van der Waals surface area (Å²) in [5.74, 6) is -1.76. The molecule has 0 saturated heterocycles. The molecule has 210 valence electrons. The lowest BCUT2D eigenvalue weighted by Crippen LogP contribution is -2.31. The van der Waals surface area contributed by atoms with Crippen molar-refractivity contribution in [2.75, 3.05) is 23.5 Å². The highest BCUT2D eigenvalue weighted by Gasteiger charge is 2.37. The van der Waals surface area contributed by atoms with E-state index in [4.69, 9.17) is 9.15 Å². The Balaban J connectivity index is 1.61. The average molecular weight is 571 g/mol. The molecule has 2 amide bonds. The number of esters is 1. The lowest BCUT2D eigenvalue weighted by atomic mass is 9.85. The number of furan rings is 1. The van der Waals surface area contributed by atoms with Gasteiger partial charge in [-0.05, 0) is 63.1 Å². The summed E-state index contributed by atoms with van der Waals surface area (Å²) in [6.45, 7) is 7.61. The van der Waals surface area contributed by atoms with Crippen LogP contribution in [0.4, 0.5) is 11.4 Å². The fraction of sp³-hybridized carbons (Fsp3) is 0.226.